The fraction of sp³-hybridized carbons (Fsp3) is 0.214. The molecule has 0 spiro atoms. The Balaban J connectivity index is 1.44. The topological polar surface area (TPSA) is 99.7 Å². The van der Waals surface area contributed by atoms with Gasteiger partial charge in [0.1, 0.15) is 0 Å². The molecule has 0 saturated carbocycles. The van der Waals surface area contributed by atoms with E-state index in [1.807, 2.05) is 53.6 Å². The summed E-state index contributed by atoms with van der Waals surface area (Å²) in [5.74, 6) is 1.30. The van der Waals surface area contributed by atoms with Crippen molar-refractivity contribution in [2.45, 2.75) is 19.4 Å². The van der Waals surface area contributed by atoms with E-state index >= 15 is 0 Å². The second-order valence-electron chi connectivity index (χ2n) is 8.81. The van der Waals surface area contributed by atoms with E-state index in [0.717, 1.165) is 28.8 Å². The number of hydrogen-bond donors (Lipinski definition) is 0. The van der Waals surface area contributed by atoms with Crippen LogP contribution in [-0.2, 0) is 24.2 Å². The SMILES string of the molecule is COc1cc2c(cc1OC)CN(C(=O)Cc1cn(-c3ccccc3)nc1-c1ccc([N+](=O)[O-])cc1)CC2. The molecule has 2 heterocycles. The predicted octanol–water partition coefficient (Wildman–Crippen LogP) is 4.59. The number of ether oxygens (including phenoxy) is 2. The van der Waals surface area contributed by atoms with Crippen molar-refractivity contribution < 1.29 is 19.2 Å². The number of para-hydroxylation sites is 1. The van der Waals surface area contributed by atoms with E-state index in [2.05, 4.69) is 0 Å². The molecule has 0 unspecified atom stereocenters. The molecule has 0 radical (unpaired) electrons. The van der Waals surface area contributed by atoms with Crippen molar-refractivity contribution in [3.05, 3.63) is 99.7 Å². The van der Waals surface area contributed by atoms with Gasteiger partial charge in [0.2, 0.25) is 5.91 Å². The zero-order chi connectivity index (χ0) is 25.9. The monoisotopic (exact) mass is 498 g/mol. The molecule has 5 rings (SSSR count). The molecule has 0 aliphatic carbocycles. The molecule has 0 bridgehead atoms. The van der Waals surface area contributed by atoms with E-state index in [-0.39, 0.29) is 18.0 Å². The van der Waals surface area contributed by atoms with Crippen LogP contribution < -0.4 is 9.47 Å². The lowest BCUT2D eigenvalue weighted by atomic mass is 9.98. The summed E-state index contributed by atoms with van der Waals surface area (Å²) in [6, 6.07) is 19.8. The Labute approximate surface area is 214 Å². The molecule has 0 N–H and O–H groups in total. The van der Waals surface area contributed by atoms with Crippen molar-refractivity contribution in [1.29, 1.82) is 0 Å². The van der Waals surface area contributed by atoms with Crippen LogP contribution >= 0.6 is 0 Å². The number of carbonyl (C=O) groups excluding carboxylic acids is 1. The number of nitro benzene ring substituents is 1. The zero-order valence-electron chi connectivity index (χ0n) is 20.6. The Morgan fingerprint density at radius 3 is 2.32 bits per heavy atom. The predicted molar refractivity (Wildman–Crippen MR) is 138 cm³/mol. The summed E-state index contributed by atoms with van der Waals surface area (Å²) >= 11 is 0. The molecule has 1 aliphatic rings. The molecule has 0 fully saturated rings. The number of nitrogens with zero attached hydrogens (tertiary/aromatic N) is 4. The van der Waals surface area contributed by atoms with Gasteiger partial charge in [-0.3, -0.25) is 14.9 Å². The Kier molecular flexibility index (Phi) is 6.59. The third-order valence-corrected chi connectivity index (χ3v) is 6.57. The molecule has 9 nitrogen and oxygen atoms in total. The number of fused-ring (bicyclic) bond motifs is 1. The van der Waals surface area contributed by atoms with Crippen LogP contribution in [0.1, 0.15) is 16.7 Å². The Morgan fingerprint density at radius 2 is 1.68 bits per heavy atom. The fourth-order valence-corrected chi connectivity index (χ4v) is 4.61. The van der Waals surface area contributed by atoms with Gasteiger partial charge in [-0.15, -0.1) is 0 Å². The number of hydrogen-bond acceptors (Lipinski definition) is 6. The standard InChI is InChI=1S/C28H26N4O5/c1-36-25-14-20-12-13-30(17-21(20)15-26(25)37-2)27(33)16-22-18-31(23-6-4-3-5-7-23)29-28(22)19-8-10-24(11-9-19)32(34)35/h3-11,14-15,18H,12-13,16-17H2,1-2H3. The second-order valence-corrected chi connectivity index (χ2v) is 8.81. The summed E-state index contributed by atoms with van der Waals surface area (Å²) < 4.78 is 12.6. The lowest BCUT2D eigenvalue weighted by Crippen LogP contribution is -2.37. The van der Waals surface area contributed by atoms with Gasteiger partial charge in [0, 0.05) is 42.5 Å². The number of non-ortho nitro benzene ring substituents is 1. The number of carbonyl (C=O) groups is 1. The number of rotatable bonds is 7. The fourth-order valence-electron chi connectivity index (χ4n) is 4.61. The van der Waals surface area contributed by atoms with Crippen molar-refractivity contribution in [1.82, 2.24) is 14.7 Å². The molecular weight excluding hydrogens is 472 g/mol. The first-order chi connectivity index (χ1) is 18.0. The quantitative estimate of drug-likeness (QED) is 0.273. The number of methoxy groups -OCH3 is 2. The second kappa shape index (κ2) is 10.1. The average molecular weight is 499 g/mol. The number of nitro groups is 1. The summed E-state index contributed by atoms with van der Waals surface area (Å²) in [4.78, 5) is 26.0. The van der Waals surface area contributed by atoms with Crippen molar-refractivity contribution in [2.24, 2.45) is 0 Å². The zero-order valence-corrected chi connectivity index (χ0v) is 20.6. The van der Waals surface area contributed by atoms with Gasteiger partial charge in [-0.25, -0.2) is 4.68 Å². The van der Waals surface area contributed by atoms with Gasteiger partial charge in [0.25, 0.3) is 5.69 Å². The van der Waals surface area contributed by atoms with Crippen LogP contribution in [0.3, 0.4) is 0 Å². The van der Waals surface area contributed by atoms with Gasteiger partial charge in [0.05, 0.1) is 36.9 Å². The maximum atomic E-state index is 13.5. The summed E-state index contributed by atoms with van der Waals surface area (Å²) in [5.41, 5.74) is 5.12. The minimum atomic E-state index is -0.435. The van der Waals surface area contributed by atoms with Crippen LogP contribution in [0.2, 0.25) is 0 Å². The Hall–Kier alpha value is -4.66. The number of benzene rings is 3. The minimum absolute atomic E-state index is 0.00269. The van der Waals surface area contributed by atoms with Gasteiger partial charge >= 0.3 is 0 Å². The van der Waals surface area contributed by atoms with Crippen molar-refractivity contribution in [3.8, 4) is 28.4 Å². The number of aromatic nitrogens is 2. The smallest absolute Gasteiger partial charge is 0.269 e. The molecule has 1 aliphatic heterocycles. The van der Waals surface area contributed by atoms with E-state index < -0.39 is 4.92 Å². The largest absolute Gasteiger partial charge is 0.493 e. The molecule has 0 atom stereocenters. The first-order valence-electron chi connectivity index (χ1n) is 11.9. The lowest BCUT2D eigenvalue weighted by molar-refractivity contribution is -0.384. The highest BCUT2D eigenvalue weighted by Crippen LogP contribution is 2.34. The van der Waals surface area contributed by atoms with Crippen molar-refractivity contribution >= 4 is 11.6 Å². The summed E-state index contributed by atoms with van der Waals surface area (Å²) in [5, 5.41) is 15.9. The van der Waals surface area contributed by atoms with Gasteiger partial charge in [-0.05, 0) is 53.9 Å². The van der Waals surface area contributed by atoms with Crippen LogP contribution in [0.5, 0.6) is 11.5 Å². The minimum Gasteiger partial charge on any atom is -0.493 e. The van der Waals surface area contributed by atoms with E-state index in [1.165, 1.54) is 12.1 Å². The molecule has 9 heteroatoms. The Morgan fingerprint density at radius 1 is 1.00 bits per heavy atom. The van der Waals surface area contributed by atoms with Gasteiger partial charge in [-0.1, -0.05) is 18.2 Å². The van der Waals surface area contributed by atoms with Crippen molar-refractivity contribution in [3.63, 3.8) is 0 Å². The molecule has 3 aromatic carbocycles. The summed E-state index contributed by atoms with van der Waals surface area (Å²) in [6.07, 6.45) is 2.73. The first kappa shape index (κ1) is 24.1. The van der Waals surface area contributed by atoms with Crippen molar-refractivity contribution in [2.75, 3.05) is 20.8 Å². The molecule has 4 aromatic rings. The molecular formula is C28H26N4O5. The maximum Gasteiger partial charge on any atom is 0.269 e. The van der Waals surface area contributed by atoms with Gasteiger partial charge in [0.15, 0.2) is 11.5 Å². The first-order valence-corrected chi connectivity index (χ1v) is 11.9. The maximum absolute atomic E-state index is 13.5. The van der Waals surface area contributed by atoms with Crippen LogP contribution in [-0.4, -0.2) is 46.3 Å². The lowest BCUT2D eigenvalue weighted by Gasteiger charge is -2.29. The Bertz CT molecular complexity index is 1450. The van der Waals surface area contributed by atoms with Crippen LogP contribution in [0.25, 0.3) is 16.9 Å². The molecule has 1 amide bonds. The highest BCUT2D eigenvalue weighted by Gasteiger charge is 2.25. The normalized spacial score (nSPS) is 12.6. The van der Waals surface area contributed by atoms with Gasteiger partial charge < -0.3 is 14.4 Å². The highest BCUT2D eigenvalue weighted by molar-refractivity contribution is 5.82. The molecule has 1 aromatic heterocycles. The molecule has 188 valence electrons. The molecule has 0 saturated heterocycles. The van der Waals surface area contributed by atoms with Crippen LogP contribution in [0, 0.1) is 10.1 Å². The highest BCUT2D eigenvalue weighted by atomic mass is 16.6. The third kappa shape index (κ3) is 4.88. The summed E-state index contributed by atoms with van der Waals surface area (Å²) in [6.45, 7) is 1.08. The van der Waals surface area contributed by atoms with Gasteiger partial charge in [-0.2, -0.15) is 5.10 Å². The van der Waals surface area contributed by atoms with Crippen LogP contribution in [0.15, 0.2) is 72.9 Å². The van der Waals surface area contributed by atoms with E-state index in [9.17, 15) is 14.9 Å². The van der Waals surface area contributed by atoms with E-state index in [0.29, 0.717) is 35.8 Å². The molecule has 37 heavy (non-hydrogen) atoms. The summed E-state index contributed by atoms with van der Waals surface area (Å²) in [7, 11) is 3.21. The van der Waals surface area contributed by atoms with E-state index in [4.69, 9.17) is 14.6 Å². The van der Waals surface area contributed by atoms with E-state index in [1.54, 1.807) is 31.0 Å². The average Bonchev–Trinajstić information content (AvgIpc) is 3.36. The third-order valence-electron chi connectivity index (χ3n) is 6.57. The van der Waals surface area contributed by atoms with Crippen LogP contribution in [0.4, 0.5) is 5.69 Å². The number of amides is 1.